The lowest BCUT2D eigenvalue weighted by Crippen LogP contribution is -2.08. The highest BCUT2D eigenvalue weighted by Crippen LogP contribution is 2.37. The van der Waals surface area contributed by atoms with E-state index in [9.17, 15) is 0 Å². The number of hydrogen-bond acceptors (Lipinski definition) is 2. The summed E-state index contributed by atoms with van der Waals surface area (Å²) in [4.78, 5) is 5.20. The fourth-order valence-electron chi connectivity index (χ4n) is 4.89. The van der Waals surface area contributed by atoms with Crippen LogP contribution >= 0.6 is 0 Å². The third-order valence-corrected chi connectivity index (χ3v) is 6.77. The van der Waals surface area contributed by atoms with Crippen LogP contribution in [0.5, 0.6) is 0 Å². The van der Waals surface area contributed by atoms with Crippen LogP contribution in [0.25, 0.3) is 0 Å². The number of nitrogens with one attached hydrogen (secondary N) is 1. The van der Waals surface area contributed by atoms with E-state index in [1.54, 1.807) is 0 Å². The van der Waals surface area contributed by atoms with Gasteiger partial charge in [-0.1, -0.05) is 91.8 Å². The Hall–Kier alpha value is -2.87. The first-order chi connectivity index (χ1) is 17.4. The molecule has 0 spiro atoms. The first-order valence-electron chi connectivity index (χ1n) is 13.9. The minimum atomic E-state index is 0.397. The van der Waals surface area contributed by atoms with Gasteiger partial charge >= 0.3 is 0 Å². The van der Waals surface area contributed by atoms with Gasteiger partial charge in [0.1, 0.15) is 0 Å². The summed E-state index contributed by atoms with van der Waals surface area (Å²) in [5.41, 5.74) is 12.4. The second kappa shape index (κ2) is 13.6. The van der Waals surface area contributed by atoms with E-state index in [-0.39, 0.29) is 0 Å². The van der Waals surface area contributed by atoms with Crippen LogP contribution in [0.4, 0.5) is 11.4 Å². The summed E-state index contributed by atoms with van der Waals surface area (Å²) < 4.78 is 0. The van der Waals surface area contributed by atoms with E-state index in [2.05, 4.69) is 118 Å². The number of allylic oxidation sites excluding steroid dienone is 4. The fraction of sp³-hybridized carbons (Fsp3) is 0.457. The molecule has 0 heterocycles. The molecule has 2 rings (SSSR count). The Labute approximate surface area is 227 Å². The minimum Gasteiger partial charge on any atom is -0.359 e. The summed E-state index contributed by atoms with van der Waals surface area (Å²) in [6.07, 6.45) is 7.92. The van der Waals surface area contributed by atoms with Gasteiger partial charge in [0.25, 0.3) is 0 Å². The molecule has 0 aliphatic rings. The summed E-state index contributed by atoms with van der Waals surface area (Å²) in [7, 11) is 0. The molecule has 2 aromatic rings. The SMILES string of the molecule is C=CCc1cc(C(C)C)c(N=C(C)/C=C(\C)Nc2c(C(C)C)cc(CC=C)cc2C(C)C)c(C(C)C)c1. The lowest BCUT2D eigenvalue weighted by molar-refractivity contribution is 0.830. The molecule has 0 saturated heterocycles. The van der Waals surface area contributed by atoms with Crippen molar-refractivity contribution in [2.45, 2.75) is 106 Å². The van der Waals surface area contributed by atoms with Gasteiger partial charge in [0.15, 0.2) is 0 Å². The molecule has 0 aliphatic heterocycles. The number of rotatable bonds is 12. The maximum absolute atomic E-state index is 5.20. The second-order valence-corrected chi connectivity index (χ2v) is 11.6. The van der Waals surface area contributed by atoms with Gasteiger partial charge in [-0.25, -0.2) is 0 Å². The monoisotopic (exact) mass is 498 g/mol. The van der Waals surface area contributed by atoms with Gasteiger partial charge in [-0.15, -0.1) is 13.2 Å². The van der Waals surface area contributed by atoms with Gasteiger partial charge in [0.05, 0.1) is 5.69 Å². The molecular formula is C35H50N2. The topological polar surface area (TPSA) is 24.4 Å². The zero-order valence-corrected chi connectivity index (χ0v) is 25.1. The minimum absolute atomic E-state index is 0.397. The van der Waals surface area contributed by atoms with Gasteiger partial charge in [-0.3, -0.25) is 4.99 Å². The summed E-state index contributed by atoms with van der Waals surface area (Å²) in [6, 6.07) is 9.30. The van der Waals surface area contributed by atoms with E-state index in [0.29, 0.717) is 23.7 Å². The molecule has 0 aromatic heterocycles. The first kappa shape index (κ1) is 30.4. The third-order valence-electron chi connectivity index (χ3n) is 6.77. The standard InChI is InChI=1S/C35H50N2/c1-13-15-28-18-30(22(3)4)34(31(19-28)23(5)6)36-26(11)17-27(12)37-35-32(24(7)8)20-29(16-14-2)21-33(35)25(9)10/h13-14,17-25,36H,1-2,15-16H2,3-12H3/b26-17+,37-27?. The fourth-order valence-corrected chi connectivity index (χ4v) is 4.89. The number of aliphatic imine (C=N–C) groups is 1. The van der Waals surface area contributed by atoms with E-state index < -0.39 is 0 Å². The Morgan fingerprint density at radius 2 is 1.08 bits per heavy atom. The molecule has 0 bridgehead atoms. The lowest BCUT2D eigenvalue weighted by Gasteiger charge is -2.23. The van der Waals surface area contributed by atoms with Crippen LogP contribution in [-0.2, 0) is 12.8 Å². The smallest absolute Gasteiger partial charge is 0.0702 e. The Kier molecular flexibility index (Phi) is 11.2. The Morgan fingerprint density at radius 3 is 1.43 bits per heavy atom. The van der Waals surface area contributed by atoms with Crippen LogP contribution in [0.2, 0.25) is 0 Å². The molecule has 0 fully saturated rings. The highest BCUT2D eigenvalue weighted by atomic mass is 14.9. The van der Waals surface area contributed by atoms with Gasteiger partial charge < -0.3 is 5.32 Å². The van der Waals surface area contributed by atoms with Crippen LogP contribution in [0, 0.1) is 0 Å². The highest BCUT2D eigenvalue weighted by Gasteiger charge is 2.17. The van der Waals surface area contributed by atoms with Crippen molar-refractivity contribution in [3.63, 3.8) is 0 Å². The quantitative estimate of drug-likeness (QED) is 0.228. The maximum atomic E-state index is 5.20. The molecule has 0 unspecified atom stereocenters. The Morgan fingerprint density at radius 1 is 0.703 bits per heavy atom. The molecule has 2 aromatic carbocycles. The normalized spacial score (nSPS) is 12.7. The summed E-state index contributed by atoms with van der Waals surface area (Å²) in [5, 5.41) is 3.77. The third kappa shape index (κ3) is 8.06. The summed E-state index contributed by atoms with van der Waals surface area (Å²) in [6.45, 7) is 30.2. The van der Waals surface area contributed by atoms with Crippen molar-refractivity contribution in [2.24, 2.45) is 4.99 Å². The van der Waals surface area contributed by atoms with Gasteiger partial charge in [0.2, 0.25) is 0 Å². The zero-order valence-electron chi connectivity index (χ0n) is 25.1. The maximum Gasteiger partial charge on any atom is 0.0702 e. The largest absolute Gasteiger partial charge is 0.359 e. The Bertz CT molecular complexity index is 1100. The zero-order chi connectivity index (χ0) is 27.9. The molecule has 0 amide bonds. The van der Waals surface area contributed by atoms with Gasteiger partial charge in [-0.05, 0) is 89.8 Å². The molecule has 200 valence electrons. The molecule has 0 radical (unpaired) electrons. The van der Waals surface area contributed by atoms with Crippen LogP contribution in [0.3, 0.4) is 0 Å². The van der Waals surface area contributed by atoms with Crippen LogP contribution in [0.1, 0.15) is 126 Å². The number of hydrogen-bond donors (Lipinski definition) is 1. The van der Waals surface area contributed by atoms with Crippen molar-refractivity contribution in [1.29, 1.82) is 0 Å². The predicted octanol–water partition coefficient (Wildman–Crippen LogP) is 10.7. The van der Waals surface area contributed by atoms with Crippen molar-refractivity contribution in [2.75, 3.05) is 5.32 Å². The second-order valence-electron chi connectivity index (χ2n) is 11.6. The number of benzene rings is 2. The summed E-state index contributed by atoms with van der Waals surface area (Å²) in [5.74, 6) is 1.63. The van der Waals surface area contributed by atoms with E-state index in [1.807, 2.05) is 12.2 Å². The molecule has 2 nitrogen and oxygen atoms in total. The molecular weight excluding hydrogens is 448 g/mol. The van der Waals surface area contributed by atoms with E-state index in [4.69, 9.17) is 4.99 Å². The van der Waals surface area contributed by atoms with Gasteiger partial charge in [0, 0.05) is 17.1 Å². The molecule has 0 saturated carbocycles. The van der Waals surface area contributed by atoms with Gasteiger partial charge in [-0.2, -0.15) is 0 Å². The summed E-state index contributed by atoms with van der Waals surface area (Å²) >= 11 is 0. The number of nitrogens with zero attached hydrogens (tertiary/aromatic N) is 1. The average Bonchev–Trinajstić information content (AvgIpc) is 2.80. The molecule has 2 heteroatoms. The van der Waals surface area contributed by atoms with Crippen LogP contribution in [0.15, 0.2) is 66.3 Å². The van der Waals surface area contributed by atoms with Crippen LogP contribution in [-0.4, -0.2) is 5.71 Å². The first-order valence-corrected chi connectivity index (χ1v) is 13.9. The van der Waals surface area contributed by atoms with E-state index in [1.165, 1.54) is 39.1 Å². The Balaban J connectivity index is 2.57. The van der Waals surface area contributed by atoms with E-state index >= 15 is 0 Å². The molecule has 1 N–H and O–H groups in total. The molecule has 0 aliphatic carbocycles. The van der Waals surface area contributed by atoms with Crippen LogP contribution < -0.4 is 5.32 Å². The van der Waals surface area contributed by atoms with Crippen molar-refractivity contribution < 1.29 is 0 Å². The van der Waals surface area contributed by atoms with Crippen molar-refractivity contribution in [3.8, 4) is 0 Å². The highest BCUT2D eigenvalue weighted by molar-refractivity contribution is 5.96. The average molecular weight is 499 g/mol. The van der Waals surface area contributed by atoms with E-state index in [0.717, 1.165) is 29.9 Å². The predicted molar refractivity (Wildman–Crippen MR) is 167 cm³/mol. The number of anilines is 1. The molecule has 37 heavy (non-hydrogen) atoms. The van der Waals surface area contributed by atoms with Crippen molar-refractivity contribution >= 4 is 17.1 Å². The van der Waals surface area contributed by atoms with Crippen molar-refractivity contribution in [1.82, 2.24) is 0 Å². The lowest BCUT2D eigenvalue weighted by atomic mass is 9.89. The van der Waals surface area contributed by atoms with Crippen molar-refractivity contribution in [3.05, 3.63) is 94.7 Å². The molecule has 0 atom stereocenters.